The molecule has 4 nitrogen and oxygen atoms in total. The highest BCUT2D eigenvalue weighted by molar-refractivity contribution is 6.30. The number of carbonyl (C=O) groups excluding carboxylic acids is 1. The fraction of sp³-hybridized carbons (Fsp3) is 0.385. The van der Waals surface area contributed by atoms with Crippen LogP contribution in [-0.2, 0) is 16.1 Å². The number of benzene rings is 1. The number of hydrogen-bond acceptors (Lipinski definition) is 3. The van der Waals surface area contributed by atoms with Crippen molar-refractivity contribution in [2.24, 2.45) is 10.9 Å². The van der Waals surface area contributed by atoms with Gasteiger partial charge in [0.1, 0.15) is 0 Å². The minimum Gasteiger partial charge on any atom is -0.451 e. The van der Waals surface area contributed by atoms with Gasteiger partial charge in [-0.2, -0.15) is 0 Å². The number of carbonyl (C=O) groups is 1. The van der Waals surface area contributed by atoms with Crippen molar-refractivity contribution in [3.8, 4) is 0 Å². The first-order valence-electron chi connectivity index (χ1n) is 5.82. The average molecular weight is 267 g/mol. The number of nitrogens with one attached hydrogen (secondary N) is 1. The Kier molecular flexibility index (Phi) is 3.87. The maximum absolute atomic E-state index is 11.5. The fourth-order valence-corrected chi connectivity index (χ4v) is 1.77. The normalized spacial score (nSPS) is 21.2. The molecule has 0 aromatic heterocycles. The molecule has 2 rings (SSSR count). The second kappa shape index (κ2) is 5.40. The van der Waals surface area contributed by atoms with E-state index in [9.17, 15) is 4.79 Å². The highest BCUT2D eigenvalue weighted by Gasteiger charge is 2.33. The molecular weight excluding hydrogens is 252 g/mol. The van der Waals surface area contributed by atoms with Gasteiger partial charge in [0, 0.05) is 5.02 Å². The number of ether oxygens (including phenoxy) is 1. The monoisotopic (exact) mass is 266 g/mol. The Bertz CT molecular complexity index is 468. The summed E-state index contributed by atoms with van der Waals surface area (Å²) in [6, 6.07) is 7.70. The van der Waals surface area contributed by atoms with Crippen molar-refractivity contribution in [3.63, 3.8) is 0 Å². The van der Waals surface area contributed by atoms with Gasteiger partial charge in [0.05, 0.1) is 6.54 Å². The van der Waals surface area contributed by atoms with Crippen LogP contribution in [0.25, 0.3) is 0 Å². The van der Waals surface area contributed by atoms with E-state index < -0.39 is 6.10 Å². The van der Waals surface area contributed by atoms with Crippen LogP contribution >= 0.6 is 11.6 Å². The van der Waals surface area contributed by atoms with E-state index in [4.69, 9.17) is 16.3 Å². The van der Waals surface area contributed by atoms with Crippen LogP contribution < -0.4 is 5.32 Å². The average Bonchev–Trinajstić information content (AvgIpc) is 2.70. The summed E-state index contributed by atoms with van der Waals surface area (Å²) in [5, 5.41) is 3.32. The van der Waals surface area contributed by atoms with Crippen LogP contribution in [0.4, 0.5) is 0 Å². The molecule has 1 saturated heterocycles. The van der Waals surface area contributed by atoms with Crippen molar-refractivity contribution in [3.05, 3.63) is 34.9 Å². The van der Waals surface area contributed by atoms with Gasteiger partial charge in [0.2, 0.25) is 0 Å². The van der Waals surface area contributed by atoms with Crippen LogP contribution in [-0.4, -0.2) is 18.0 Å². The van der Waals surface area contributed by atoms with Crippen LogP contribution in [0.1, 0.15) is 19.4 Å². The van der Waals surface area contributed by atoms with E-state index >= 15 is 0 Å². The van der Waals surface area contributed by atoms with Crippen molar-refractivity contribution >= 4 is 23.5 Å². The Morgan fingerprint density at radius 3 is 2.61 bits per heavy atom. The zero-order chi connectivity index (χ0) is 13.1. The van der Waals surface area contributed by atoms with E-state index in [1.54, 1.807) is 0 Å². The second-order valence-electron chi connectivity index (χ2n) is 4.52. The van der Waals surface area contributed by atoms with Crippen LogP contribution in [0.15, 0.2) is 29.3 Å². The smallest absolute Gasteiger partial charge is 0.292 e. The number of hydrogen-bond donors (Lipinski definition) is 1. The maximum Gasteiger partial charge on any atom is 0.292 e. The van der Waals surface area contributed by atoms with E-state index in [2.05, 4.69) is 10.3 Å². The number of rotatable bonds is 3. The zero-order valence-corrected chi connectivity index (χ0v) is 11.1. The van der Waals surface area contributed by atoms with Gasteiger partial charge < -0.3 is 4.74 Å². The molecule has 1 amide bonds. The molecule has 0 spiro atoms. The zero-order valence-electron chi connectivity index (χ0n) is 10.3. The van der Waals surface area contributed by atoms with Gasteiger partial charge in [0.15, 0.2) is 6.10 Å². The van der Waals surface area contributed by atoms with Gasteiger partial charge in [-0.05, 0) is 23.6 Å². The third kappa shape index (κ3) is 3.01. The lowest BCUT2D eigenvalue weighted by Gasteiger charge is -2.09. The summed E-state index contributed by atoms with van der Waals surface area (Å²) in [7, 11) is 0. The van der Waals surface area contributed by atoms with Gasteiger partial charge in [-0.1, -0.05) is 37.6 Å². The molecule has 1 fully saturated rings. The number of amides is 1. The van der Waals surface area contributed by atoms with Gasteiger partial charge in [-0.3, -0.25) is 10.1 Å². The molecule has 1 atom stereocenters. The van der Waals surface area contributed by atoms with E-state index in [0.29, 0.717) is 17.6 Å². The largest absolute Gasteiger partial charge is 0.451 e. The third-order valence-electron chi connectivity index (χ3n) is 2.65. The fourth-order valence-electron chi connectivity index (χ4n) is 1.65. The quantitative estimate of drug-likeness (QED) is 0.913. The summed E-state index contributed by atoms with van der Waals surface area (Å²) < 4.78 is 5.44. The van der Waals surface area contributed by atoms with Crippen molar-refractivity contribution in [2.75, 3.05) is 0 Å². The molecule has 18 heavy (non-hydrogen) atoms. The first-order valence-corrected chi connectivity index (χ1v) is 6.20. The SMILES string of the molecule is CC(C)[C@@H]1OC(=NCc2ccc(Cl)cc2)NC1=O. The van der Waals surface area contributed by atoms with Crippen LogP contribution in [0.3, 0.4) is 0 Å². The molecule has 5 heteroatoms. The molecule has 1 aromatic rings. The predicted octanol–water partition coefficient (Wildman–Crippen LogP) is 2.37. The molecule has 0 radical (unpaired) electrons. The molecule has 1 aliphatic heterocycles. The molecule has 1 aromatic carbocycles. The summed E-state index contributed by atoms with van der Waals surface area (Å²) in [5.41, 5.74) is 1.01. The van der Waals surface area contributed by atoms with Crippen molar-refractivity contribution in [2.45, 2.75) is 26.5 Å². The third-order valence-corrected chi connectivity index (χ3v) is 2.90. The first-order chi connectivity index (χ1) is 8.56. The molecule has 0 unspecified atom stereocenters. The lowest BCUT2D eigenvalue weighted by molar-refractivity contribution is -0.124. The number of halogens is 1. The van der Waals surface area contributed by atoms with Crippen LogP contribution in [0.5, 0.6) is 0 Å². The van der Waals surface area contributed by atoms with E-state index in [-0.39, 0.29) is 11.8 Å². The van der Waals surface area contributed by atoms with E-state index in [0.717, 1.165) is 5.56 Å². The Morgan fingerprint density at radius 2 is 2.06 bits per heavy atom. The summed E-state index contributed by atoms with van der Waals surface area (Å²) in [6.45, 7) is 4.33. The van der Waals surface area contributed by atoms with Crippen LogP contribution in [0, 0.1) is 5.92 Å². The van der Waals surface area contributed by atoms with Crippen molar-refractivity contribution in [1.29, 1.82) is 0 Å². The summed E-state index contributed by atoms with van der Waals surface area (Å²) in [6.07, 6.45) is -0.436. The Balaban J connectivity index is 1.99. The van der Waals surface area contributed by atoms with E-state index in [1.807, 2.05) is 38.1 Å². The molecule has 0 aliphatic carbocycles. The van der Waals surface area contributed by atoms with Gasteiger partial charge >= 0.3 is 0 Å². The number of nitrogens with zero attached hydrogens (tertiary/aromatic N) is 1. The molecule has 1 aliphatic rings. The Hall–Kier alpha value is -1.55. The molecular formula is C13H15ClN2O2. The van der Waals surface area contributed by atoms with Crippen molar-refractivity contribution in [1.82, 2.24) is 5.32 Å². The summed E-state index contributed by atoms with van der Waals surface area (Å²) >= 11 is 5.79. The number of amidine groups is 1. The molecule has 0 bridgehead atoms. The van der Waals surface area contributed by atoms with Gasteiger partial charge in [0.25, 0.3) is 11.9 Å². The summed E-state index contributed by atoms with van der Waals surface area (Å²) in [5.74, 6) is 0.00749. The lowest BCUT2D eigenvalue weighted by Crippen LogP contribution is -2.28. The Morgan fingerprint density at radius 1 is 1.39 bits per heavy atom. The second-order valence-corrected chi connectivity index (χ2v) is 4.96. The van der Waals surface area contributed by atoms with E-state index in [1.165, 1.54) is 0 Å². The van der Waals surface area contributed by atoms with Gasteiger partial charge in [-0.25, -0.2) is 4.99 Å². The molecule has 1 heterocycles. The highest BCUT2D eigenvalue weighted by Crippen LogP contribution is 2.14. The number of aliphatic imine (C=N–C) groups is 1. The standard InChI is InChI=1S/C13H15ClN2O2/c1-8(2)11-12(17)16-13(18-11)15-7-9-3-5-10(14)6-4-9/h3-6,8,11H,7H2,1-2H3,(H,15,16,17)/t11-/m0/s1. The maximum atomic E-state index is 11.5. The van der Waals surface area contributed by atoms with Crippen LogP contribution in [0.2, 0.25) is 5.02 Å². The lowest BCUT2D eigenvalue weighted by atomic mass is 10.1. The van der Waals surface area contributed by atoms with Crippen molar-refractivity contribution < 1.29 is 9.53 Å². The Labute approximate surface area is 111 Å². The topological polar surface area (TPSA) is 50.7 Å². The molecule has 96 valence electrons. The molecule has 0 saturated carbocycles. The predicted molar refractivity (Wildman–Crippen MR) is 70.4 cm³/mol. The minimum atomic E-state index is -0.436. The summed E-state index contributed by atoms with van der Waals surface area (Å²) in [4.78, 5) is 15.8. The molecule has 1 N–H and O–H groups in total. The highest BCUT2D eigenvalue weighted by atomic mass is 35.5. The van der Waals surface area contributed by atoms with Gasteiger partial charge in [-0.15, -0.1) is 0 Å². The minimum absolute atomic E-state index is 0.125. The first kappa shape index (κ1) is 12.9.